The number of likely N-dealkylation sites (N-methyl/N-ethyl adjacent to an activating group) is 1. The number of carbonyl (C=O) groups excluding carboxylic acids is 2. The van der Waals surface area contributed by atoms with E-state index in [1.165, 1.54) is 0 Å². The molecule has 0 heterocycles. The number of ether oxygens (including phenoxy) is 2. The van der Waals surface area contributed by atoms with E-state index in [-0.39, 0.29) is 12.5 Å². The summed E-state index contributed by atoms with van der Waals surface area (Å²) in [5, 5.41) is 0. The summed E-state index contributed by atoms with van der Waals surface area (Å²) in [5.41, 5.74) is -1.14. The third kappa shape index (κ3) is 3.56. The molecule has 0 amide bonds. The number of rotatable bonds is 7. The predicted octanol–water partition coefficient (Wildman–Crippen LogP) is 0.991. The Morgan fingerprint density at radius 2 is 1.89 bits per heavy atom. The van der Waals surface area contributed by atoms with Crippen molar-refractivity contribution in [1.82, 2.24) is 0 Å². The van der Waals surface area contributed by atoms with E-state index in [0.29, 0.717) is 24.1 Å². The lowest BCUT2D eigenvalue weighted by Gasteiger charge is -2.24. The smallest absolute Gasteiger partial charge is 0.324 e. The van der Waals surface area contributed by atoms with Crippen LogP contribution >= 0.6 is 0 Å². The van der Waals surface area contributed by atoms with Gasteiger partial charge in [-0.1, -0.05) is 6.08 Å². The first-order valence-electron chi connectivity index (χ1n) is 6.55. The number of carbonyl (C=O) groups is 2. The van der Waals surface area contributed by atoms with Crippen LogP contribution in [-0.2, 0) is 19.1 Å². The fraction of sp³-hybridized carbons (Fsp3) is 0.714. The minimum atomic E-state index is -1.14. The third-order valence-corrected chi connectivity index (χ3v) is 3.30. The highest BCUT2D eigenvalue weighted by Crippen LogP contribution is 2.55. The number of hydrogen-bond donors (Lipinski definition) is 0. The Balaban J connectivity index is 2.61. The summed E-state index contributed by atoms with van der Waals surface area (Å²) in [7, 11) is 6.04. The molecule has 5 heteroatoms. The summed E-state index contributed by atoms with van der Waals surface area (Å²) < 4.78 is 10.9. The molecule has 0 radical (unpaired) electrons. The van der Waals surface area contributed by atoms with Crippen LogP contribution in [0.15, 0.2) is 12.7 Å². The van der Waals surface area contributed by atoms with Crippen LogP contribution in [0.3, 0.4) is 0 Å². The van der Waals surface area contributed by atoms with E-state index in [1.54, 1.807) is 13.0 Å². The van der Waals surface area contributed by atoms with Crippen LogP contribution in [0.25, 0.3) is 0 Å². The molecule has 1 saturated carbocycles. The van der Waals surface area contributed by atoms with E-state index in [1.807, 2.05) is 21.1 Å². The fourth-order valence-corrected chi connectivity index (χ4v) is 1.93. The number of esters is 2. The molecule has 1 aliphatic rings. The molecule has 0 aromatic rings. The second-order valence-electron chi connectivity index (χ2n) is 5.89. The van der Waals surface area contributed by atoms with Gasteiger partial charge >= 0.3 is 11.9 Å². The largest absolute Gasteiger partial charge is 0.465 e. The molecule has 0 saturated heterocycles. The van der Waals surface area contributed by atoms with E-state index in [9.17, 15) is 9.59 Å². The molecule has 2 atom stereocenters. The number of nitrogens with zero attached hydrogens (tertiary/aromatic N) is 1. The van der Waals surface area contributed by atoms with E-state index in [4.69, 9.17) is 9.47 Å². The Morgan fingerprint density at radius 3 is 2.32 bits per heavy atom. The van der Waals surface area contributed by atoms with E-state index >= 15 is 0 Å². The fourth-order valence-electron chi connectivity index (χ4n) is 1.93. The van der Waals surface area contributed by atoms with E-state index in [0.717, 1.165) is 0 Å². The maximum atomic E-state index is 12.1. The molecule has 0 bridgehead atoms. The Bertz CT molecular complexity index is 372. The summed E-state index contributed by atoms with van der Waals surface area (Å²) in [6.45, 7) is 6.62. The van der Waals surface area contributed by atoms with Gasteiger partial charge in [0.25, 0.3) is 0 Å². The standard InChI is InChI=1S/C14H24NO4/c1-6-11-10-14(11,12(16)18-7-2)13(17)19-9-8-15(3,4)5/h6,11H,1,7-10H2,2-5H3/q+1. The van der Waals surface area contributed by atoms with Gasteiger partial charge in [0.05, 0.1) is 27.7 Å². The molecule has 19 heavy (non-hydrogen) atoms. The SMILES string of the molecule is C=CC1CC1(C(=O)OCC)C(=O)OCC[N+](C)(C)C. The lowest BCUT2D eigenvalue weighted by molar-refractivity contribution is -0.870. The van der Waals surface area contributed by atoms with Crippen molar-refractivity contribution in [3.63, 3.8) is 0 Å². The van der Waals surface area contributed by atoms with Crippen molar-refractivity contribution in [2.24, 2.45) is 11.3 Å². The van der Waals surface area contributed by atoms with Crippen molar-refractivity contribution in [2.45, 2.75) is 13.3 Å². The van der Waals surface area contributed by atoms with E-state index in [2.05, 4.69) is 6.58 Å². The molecule has 108 valence electrons. The van der Waals surface area contributed by atoms with Crippen LogP contribution in [0, 0.1) is 11.3 Å². The summed E-state index contributed by atoms with van der Waals surface area (Å²) in [6, 6.07) is 0. The van der Waals surface area contributed by atoms with Crippen molar-refractivity contribution in [3.05, 3.63) is 12.7 Å². The molecular formula is C14H24NO4+. The van der Waals surface area contributed by atoms with Crippen LogP contribution in [0.4, 0.5) is 0 Å². The van der Waals surface area contributed by atoms with Gasteiger partial charge in [-0.3, -0.25) is 9.59 Å². The van der Waals surface area contributed by atoms with Gasteiger partial charge in [-0.25, -0.2) is 0 Å². The minimum Gasteiger partial charge on any atom is -0.465 e. The molecule has 1 rings (SSSR count). The van der Waals surface area contributed by atoms with Crippen molar-refractivity contribution >= 4 is 11.9 Å². The van der Waals surface area contributed by atoms with Gasteiger partial charge in [-0.15, -0.1) is 6.58 Å². The second-order valence-corrected chi connectivity index (χ2v) is 5.89. The van der Waals surface area contributed by atoms with Crippen LogP contribution < -0.4 is 0 Å². The van der Waals surface area contributed by atoms with Crippen LogP contribution in [0.2, 0.25) is 0 Å². The Kier molecular flexibility index (Phi) is 4.74. The summed E-state index contributed by atoms with van der Waals surface area (Å²) in [5.74, 6) is -1.14. The summed E-state index contributed by atoms with van der Waals surface area (Å²) >= 11 is 0. The summed E-state index contributed by atoms with van der Waals surface area (Å²) in [6.07, 6.45) is 2.07. The molecule has 2 unspecified atom stereocenters. The molecule has 1 aliphatic carbocycles. The van der Waals surface area contributed by atoms with Crippen molar-refractivity contribution < 1.29 is 23.5 Å². The highest BCUT2D eigenvalue weighted by Gasteiger charge is 2.67. The molecule has 0 aromatic heterocycles. The van der Waals surface area contributed by atoms with Crippen molar-refractivity contribution in [3.8, 4) is 0 Å². The molecule has 0 aliphatic heterocycles. The number of quaternary nitrogens is 1. The highest BCUT2D eigenvalue weighted by molar-refractivity contribution is 6.04. The van der Waals surface area contributed by atoms with Gasteiger partial charge in [-0.05, 0) is 13.3 Å². The van der Waals surface area contributed by atoms with Crippen LogP contribution in [0.1, 0.15) is 13.3 Å². The second kappa shape index (κ2) is 5.74. The average Bonchev–Trinajstić information content (AvgIpc) is 3.03. The molecular weight excluding hydrogens is 246 g/mol. The Hall–Kier alpha value is -1.36. The molecule has 0 N–H and O–H groups in total. The lowest BCUT2D eigenvalue weighted by atomic mass is 10.0. The zero-order valence-corrected chi connectivity index (χ0v) is 12.3. The van der Waals surface area contributed by atoms with Gasteiger partial charge in [0.2, 0.25) is 0 Å². The maximum absolute atomic E-state index is 12.1. The predicted molar refractivity (Wildman–Crippen MR) is 71.2 cm³/mol. The minimum absolute atomic E-state index is 0.164. The summed E-state index contributed by atoms with van der Waals surface area (Å²) in [4.78, 5) is 24.0. The van der Waals surface area contributed by atoms with Crippen LogP contribution in [0.5, 0.6) is 0 Å². The lowest BCUT2D eigenvalue weighted by Crippen LogP contribution is -2.39. The van der Waals surface area contributed by atoms with Crippen molar-refractivity contribution in [2.75, 3.05) is 40.9 Å². The first-order chi connectivity index (χ1) is 8.78. The molecule has 0 aromatic carbocycles. The van der Waals surface area contributed by atoms with Crippen molar-refractivity contribution in [1.29, 1.82) is 0 Å². The topological polar surface area (TPSA) is 52.6 Å². The zero-order valence-electron chi connectivity index (χ0n) is 12.3. The monoisotopic (exact) mass is 270 g/mol. The highest BCUT2D eigenvalue weighted by atomic mass is 16.6. The van der Waals surface area contributed by atoms with Gasteiger partial charge in [0, 0.05) is 5.92 Å². The molecule has 1 fully saturated rings. The quantitative estimate of drug-likeness (QED) is 0.300. The first-order valence-corrected chi connectivity index (χ1v) is 6.55. The zero-order chi connectivity index (χ0) is 14.7. The Morgan fingerprint density at radius 1 is 1.32 bits per heavy atom. The van der Waals surface area contributed by atoms with Gasteiger partial charge in [0.15, 0.2) is 5.41 Å². The number of hydrogen-bond acceptors (Lipinski definition) is 4. The number of allylic oxidation sites excluding steroid dienone is 1. The van der Waals surface area contributed by atoms with E-state index < -0.39 is 17.4 Å². The first kappa shape index (κ1) is 15.7. The third-order valence-electron chi connectivity index (χ3n) is 3.30. The molecule has 5 nitrogen and oxygen atoms in total. The molecule has 0 spiro atoms. The maximum Gasteiger partial charge on any atom is 0.324 e. The van der Waals surface area contributed by atoms with Gasteiger partial charge in [-0.2, -0.15) is 0 Å². The van der Waals surface area contributed by atoms with Gasteiger partial charge in [0.1, 0.15) is 13.2 Å². The van der Waals surface area contributed by atoms with Gasteiger partial charge < -0.3 is 14.0 Å². The normalized spacial score (nSPS) is 25.6. The van der Waals surface area contributed by atoms with Crippen LogP contribution in [-0.4, -0.2) is 57.3 Å². The average molecular weight is 270 g/mol. The Labute approximate surface area is 114 Å².